The minimum absolute atomic E-state index is 0.116. The summed E-state index contributed by atoms with van der Waals surface area (Å²) >= 11 is 0. The van der Waals surface area contributed by atoms with Crippen molar-refractivity contribution >= 4 is 16.9 Å². The maximum absolute atomic E-state index is 12.9. The van der Waals surface area contributed by atoms with Gasteiger partial charge in [-0.1, -0.05) is 6.07 Å². The number of hydrogen-bond donors (Lipinski definition) is 1. The van der Waals surface area contributed by atoms with Gasteiger partial charge in [0.2, 0.25) is 0 Å². The summed E-state index contributed by atoms with van der Waals surface area (Å²) in [7, 11) is 0. The normalized spacial score (nSPS) is 12.8. The number of ether oxygens (including phenoxy) is 3. The maximum Gasteiger partial charge on any atom is 0.312 e. The van der Waals surface area contributed by atoms with Crippen LogP contribution in [0.3, 0.4) is 0 Å². The molecule has 0 fully saturated rings. The molecule has 2 N–H and O–H groups in total. The van der Waals surface area contributed by atoms with Crippen LogP contribution in [-0.4, -0.2) is 25.7 Å². The molecule has 2 heterocycles. The Morgan fingerprint density at radius 1 is 1.07 bits per heavy atom. The molecule has 0 saturated carbocycles. The summed E-state index contributed by atoms with van der Waals surface area (Å²) in [5, 5.41) is 0.390. The van der Waals surface area contributed by atoms with E-state index >= 15 is 0 Å². The quantitative estimate of drug-likeness (QED) is 0.558. The van der Waals surface area contributed by atoms with E-state index in [9.17, 15) is 9.59 Å². The fraction of sp³-hybridized carbons (Fsp3) is 0.200. The van der Waals surface area contributed by atoms with Gasteiger partial charge in [0.25, 0.3) is 0 Å². The van der Waals surface area contributed by atoms with Gasteiger partial charge in [-0.2, -0.15) is 0 Å². The molecule has 138 valence electrons. The third-order valence-corrected chi connectivity index (χ3v) is 4.18. The summed E-state index contributed by atoms with van der Waals surface area (Å²) in [5.74, 6) is 1.11. The van der Waals surface area contributed by atoms with Crippen LogP contribution in [0.1, 0.15) is 6.42 Å². The molecule has 0 saturated heterocycles. The van der Waals surface area contributed by atoms with Crippen molar-refractivity contribution in [1.82, 2.24) is 0 Å². The van der Waals surface area contributed by atoms with Gasteiger partial charge in [-0.3, -0.25) is 9.59 Å². The van der Waals surface area contributed by atoms with Gasteiger partial charge < -0.3 is 24.4 Å². The largest absolute Gasteiger partial charge is 0.486 e. The van der Waals surface area contributed by atoms with Gasteiger partial charge in [-0.05, 0) is 29.8 Å². The van der Waals surface area contributed by atoms with Crippen LogP contribution in [0.25, 0.3) is 22.1 Å². The number of fused-ring (bicyclic) bond motifs is 2. The fourth-order valence-electron chi connectivity index (χ4n) is 2.88. The lowest BCUT2D eigenvalue weighted by Gasteiger charge is -2.18. The molecule has 0 bridgehead atoms. The molecular formula is C20H17NO6. The molecule has 1 aliphatic heterocycles. The van der Waals surface area contributed by atoms with E-state index in [0.717, 1.165) is 0 Å². The average molecular weight is 367 g/mol. The van der Waals surface area contributed by atoms with Crippen LogP contribution in [0.4, 0.5) is 0 Å². The first kappa shape index (κ1) is 17.1. The zero-order valence-corrected chi connectivity index (χ0v) is 14.4. The van der Waals surface area contributed by atoms with Gasteiger partial charge in [0.15, 0.2) is 16.9 Å². The van der Waals surface area contributed by atoms with E-state index in [2.05, 4.69) is 0 Å². The average Bonchev–Trinajstić information content (AvgIpc) is 2.68. The number of hydrogen-bond acceptors (Lipinski definition) is 7. The Morgan fingerprint density at radius 3 is 2.70 bits per heavy atom. The maximum atomic E-state index is 12.9. The lowest BCUT2D eigenvalue weighted by Crippen LogP contribution is -2.15. The minimum Gasteiger partial charge on any atom is -0.486 e. The third-order valence-electron chi connectivity index (χ3n) is 4.18. The van der Waals surface area contributed by atoms with Gasteiger partial charge in [0.1, 0.15) is 30.8 Å². The Labute approximate surface area is 154 Å². The summed E-state index contributed by atoms with van der Waals surface area (Å²) < 4.78 is 21.9. The summed E-state index contributed by atoms with van der Waals surface area (Å²) in [6.07, 6.45) is 1.51. The highest BCUT2D eigenvalue weighted by molar-refractivity contribution is 5.84. The SMILES string of the molecule is NCCC(=O)Oc1ccc2c(=O)c(-c3ccc4c(c3)OCCO4)coc2c1. The van der Waals surface area contributed by atoms with Crippen molar-refractivity contribution in [3.8, 4) is 28.4 Å². The Hall–Kier alpha value is -3.32. The van der Waals surface area contributed by atoms with Crippen molar-refractivity contribution in [2.24, 2.45) is 5.73 Å². The Balaban J connectivity index is 1.70. The van der Waals surface area contributed by atoms with E-state index in [1.54, 1.807) is 30.3 Å². The lowest BCUT2D eigenvalue weighted by atomic mass is 10.0. The zero-order valence-electron chi connectivity index (χ0n) is 14.4. The highest BCUT2D eigenvalue weighted by Crippen LogP contribution is 2.34. The van der Waals surface area contributed by atoms with E-state index in [4.69, 9.17) is 24.4 Å². The molecular weight excluding hydrogens is 350 g/mol. The Morgan fingerprint density at radius 2 is 1.89 bits per heavy atom. The lowest BCUT2D eigenvalue weighted by molar-refractivity contribution is -0.134. The molecule has 2 aromatic carbocycles. The molecule has 4 rings (SSSR count). The molecule has 0 aliphatic carbocycles. The number of rotatable bonds is 4. The summed E-state index contributed by atoms with van der Waals surface area (Å²) in [4.78, 5) is 24.4. The van der Waals surface area contributed by atoms with E-state index < -0.39 is 5.97 Å². The first-order chi connectivity index (χ1) is 13.2. The molecule has 27 heavy (non-hydrogen) atoms. The van der Waals surface area contributed by atoms with Crippen molar-refractivity contribution in [2.75, 3.05) is 19.8 Å². The van der Waals surface area contributed by atoms with Gasteiger partial charge in [-0.25, -0.2) is 0 Å². The molecule has 7 heteroatoms. The van der Waals surface area contributed by atoms with Gasteiger partial charge >= 0.3 is 5.97 Å². The van der Waals surface area contributed by atoms with Crippen molar-refractivity contribution in [2.45, 2.75) is 6.42 Å². The van der Waals surface area contributed by atoms with E-state index in [0.29, 0.717) is 52.6 Å². The molecule has 0 spiro atoms. The third kappa shape index (κ3) is 3.37. The van der Waals surface area contributed by atoms with E-state index in [1.165, 1.54) is 12.3 Å². The number of carbonyl (C=O) groups excluding carboxylic acids is 1. The zero-order chi connectivity index (χ0) is 18.8. The summed E-state index contributed by atoms with van der Waals surface area (Å²) in [6.45, 7) is 1.18. The summed E-state index contributed by atoms with van der Waals surface area (Å²) in [6, 6.07) is 9.96. The number of nitrogens with two attached hydrogens (primary N) is 1. The predicted octanol–water partition coefficient (Wildman–Crippen LogP) is 2.49. The Bertz CT molecular complexity index is 1070. The summed E-state index contributed by atoms with van der Waals surface area (Å²) in [5.41, 5.74) is 6.56. The van der Waals surface area contributed by atoms with Crippen molar-refractivity contribution < 1.29 is 23.4 Å². The monoisotopic (exact) mass is 367 g/mol. The highest BCUT2D eigenvalue weighted by atomic mass is 16.6. The van der Waals surface area contributed by atoms with Gasteiger partial charge in [0, 0.05) is 12.6 Å². The predicted molar refractivity (Wildman–Crippen MR) is 98.2 cm³/mol. The second kappa shape index (κ2) is 7.13. The van der Waals surface area contributed by atoms with Gasteiger partial charge in [-0.15, -0.1) is 0 Å². The first-order valence-corrected chi connectivity index (χ1v) is 8.52. The van der Waals surface area contributed by atoms with Crippen LogP contribution >= 0.6 is 0 Å². The molecule has 1 aromatic heterocycles. The highest BCUT2D eigenvalue weighted by Gasteiger charge is 2.16. The molecule has 1 aliphatic rings. The standard InChI is InChI=1S/C20H17NO6/c21-6-5-19(22)27-13-2-3-14-17(10-13)26-11-15(20(14)23)12-1-4-16-18(9-12)25-8-7-24-16/h1-4,9-11H,5-8,21H2. The van der Waals surface area contributed by atoms with Crippen molar-refractivity contribution in [3.05, 3.63) is 52.9 Å². The topological polar surface area (TPSA) is 101 Å². The smallest absolute Gasteiger partial charge is 0.312 e. The number of esters is 1. The van der Waals surface area contributed by atoms with Crippen molar-refractivity contribution in [1.29, 1.82) is 0 Å². The molecule has 0 atom stereocenters. The van der Waals surface area contributed by atoms with Crippen LogP contribution in [0.15, 0.2) is 51.9 Å². The number of benzene rings is 2. The molecule has 0 radical (unpaired) electrons. The molecule has 3 aromatic rings. The van der Waals surface area contributed by atoms with Crippen molar-refractivity contribution in [3.63, 3.8) is 0 Å². The number of carbonyl (C=O) groups is 1. The second-order valence-corrected chi connectivity index (χ2v) is 6.01. The van der Waals surface area contributed by atoms with Crippen LogP contribution in [-0.2, 0) is 4.79 Å². The fourth-order valence-corrected chi connectivity index (χ4v) is 2.88. The minimum atomic E-state index is -0.438. The van der Waals surface area contributed by atoms with E-state index in [-0.39, 0.29) is 18.4 Å². The molecule has 0 unspecified atom stereocenters. The Kier molecular flexibility index (Phi) is 4.52. The van der Waals surface area contributed by atoms with Crippen LogP contribution < -0.4 is 25.4 Å². The van der Waals surface area contributed by atoms with E-state index in [1.807, 2.05) is 0 Å². The van der Waals surface area contributed by atoms with Crippen LogP contribution in [0.2, 0.25) is 0 Å². The molecule has 0 amide bonds. The molecule has 7 nitrogen and oxygen atoms in total. The van der Waals surface area contributed by atoms with Crippen LogP contribution in [0, 0.1) is 0 Å². The van der Waals surface area contributed by atoms with Gasteiger partial charge in [0.05, 0.1) is 17.4 Å². The second-order valence-electron chi connectivity index (χ2n) is 6.01. The first-order valence-electron chi connectivity index (χ1n) is 8.52. The van der Waals surface area contributed by atoms with Crippen LogP contribution in [0.5, 0.6) is 17.2 Å².